The van der Waals surface area contributed by atoms with Crippen molar-refractivity contribution < 1.29 is 56.6 Å². The number of aryl methyl sites for hydroxylation is 1. The van der Waals surface area contributed by atoms with Crippen molar-refractivity contribution in [1.29, 1.82) is 5.26 Å². The maximum Gasteiger partial charge on any atom is 0.412 e. The summed E-state index contributed by atoms with van der Waals surface area (Å²) in [5, 5.41) is 13.1. The molecule has 442 valence electrons. The maximum absolute atomic E-state index is 14.0. The van der Waals surface area contributed by atoms with Gasteiger partial charge in [-0.25, -0.2) is 19.2 Å². The molecule has 3 unspecified atom stereocenters. The van der Waals surface area contributed by atoms with Crippen molar-refractivity contribution in [3.63, 3.8) is 0 Å². The van der Waals surface area contributed by atoms with Crippen molar-refractivity contribution in [3.8, 4) is 34.7 Å². The van der Waals surface area contributed by atoms with Gasteiger partial charge in [0.1, 0.15) is 35.6 Å². The van der Waals surface area contributed by atoms with E-state index in [1.54, 1.807) is 43.1 Å². The number of hydrogen-bond donors (Lipinski definition) is 1. The maximum atomic E-state index is 14.0. The van der Waals surface area contributed by atoms with E-state index in [-0.39, 0.29) is 82.2 Å². The predicted molar refractivity (Wildman–Crippen MR) is 317 cm³/mol. The summed E-state index contributed by atoms with van der Waals surface area (Å²) in [5.74, 6) is 0.437. The van der Waals surface area contributed by atoms with Gasteiger partial charge in [0.2, 0.25) is 6.10 Å². The Kier molecular flexibility index (Phi) is 23.2. The van der Waals surface area contributed by atoms with Crippen LogP contribution in [0, 0.1) is 11.3 Å². The molecule has 0 radical (unpaired) electrons. The van der Waals surface area contributed by atoms with E-state index in [0.29, 0.717) is 59.0 Å². The summed E-state index contributed by atoms with van der Waals surface area (Å²) in [6.45, 7) is 17.1. The predicted octanol–water partition coefficient (Wildman–Crippen LogP) is 12.0. The smallest absolute Gasteiger partial charge is 0.412 e. The van der Waals surface area contributed by atoms with Crippen LogP contribution in [0.5, 0.6) is 17.2 Å². The molecule has 3 atom stereocenters. The lowest BCUT2D eigenvalue weighted by Gasteiger charge is -2.39. The summed E-state index contributed by atoms with van der Waals surface area (Å²) >= 11 is 0. The van der Waals surface area contributed by atoms with Crippen LogP contribution in [0.1, 0.15) is 133 Å². The van der Waals surface area contributed by atoms with Gasteiger partial charge in [0.15, 0.2) is 0 Å². The molecule has 0 fully saturated rings. The Balaban J connectivity index is 0.00000490. The molecular weight excluding hydrogens is 1080 g/mol. The van der Waals surface area contributed by atoms with Gasteiger partial charge in [0.05, 0.1) is 75.5 Å². The number of fused-ring (bicyclic) bond motifs is 5. The molecule has 83 heavy (non-hydrogen) atoms. The lowest BCUT2D eigenvalue weighted by Crippen LogP contribution is -2.39. The average Bonchev–Trinajstić information content (AvgIpc) is 3.47. The minimum absolute atomic E-state index is 0.0423. The molecule has 4 aromatic carbocycles. The highest BCUT2D eigenvalue weighted by Crippen LogP contribution is 2.49. The van der Waals surface area contributed by atoms with Gasteiger partial charge in [-0.05, 0) is 118 Å². The van der Waals surface area contributed by atoms with Crippen LogP contribution in [0.15, 0.2) is 108 Å². The molecule has 2 aromatic heterocycles. The van der Waals surface area contributed by atoms with Gasteiger partial charge in [-0.1, -0.05) is 88.7 Å². The minimum atomic E-state index is -1.71. The summed E-state index contributed by atoms with van der Waals surface area (Å²) in [4.78, 5) is 57.9. The van der Waals surface area contributed by atoms with Crippen molar-refractivity contribution >= 4 is 37.5 Å². The first-order valence-electron chi connectivity index (χ1n) is 28.6. The fraction of sp³-hybridized carbons (Fsp3) is 0.438. The summed E-state index contributed by atoms with van der Waals surface area (Å²) in [6.07, 6.45) is 0.0627. The molecule has 0 aliphatic carbocycles. The summed E-state index contributed by atoms with van der Waals surface area (Å²) in [6, 6.07) is 34.8. The standard InChI is InChI=1S/C62H72N5O13P.C2H6/c1-9-11-19-56(68)79-58-51-35-55-57-52(36-66(55)59(69)53(51)39-75-60(58)70)49(10-2)50-34-47(28-29-54(50)65-57)78-61(71)64-31-16-32-74-37-48(80-81(77-33-15-30-63)67(40(3)4)41(5)6)38-76-62(42-17-13-12-14-18-42,43-20-24-45(72-7)25-21-43)44-22-26-46(73-8)27-23-44;1-2/h12-14,17-18,20-29,34-35,40-41,48,58H,9-11,15-16,19,31-33,36-39H2,1-8H3,(H,64,71);1-2H3. The van der Waals surface area contributed by atoms with E-state index in [1.165, 1.54) is 0 Å². The van der Waals surface area contributed by atoms with E-state index in [0.717, 1.165) is 39.6 Å². The molecule has 0 bridgehead atoms. The fourth-order valence-electron chi connectivity index (χ4n) is 10.3. The highest BCUT2D eigenvalue weighted by atomic mass is 31.2. The minimum Gasteiger partial charge on any atom is -0.497 e. The van der Waals surface area contributed by atoms with Gasteiger partial charge in [-0.3, -0.25) is 9.59 Å². The molecule has 0 saturated carbocycles. The van der Waals surface area contributed by atoms with E-state index in [1.807, 2.05) is 107 Å². The number of nitrogens with one attached hydrogen (secondary N) is 1. The van der Waals surface area contributed by atoms with E-state index in [4.69, 9.17) is 47.2 Å². The number of hydrogen-bond acceptors (Lipinski definition) is 16. The number of ether oxygens (including phenoxy) is 7. The Morgan fingerprint density at radius 3 is 2.11 bits per heavy atom. The third-order valence-electron chi connectivity index (χ3n) is 14.2. The van der Waals surface area contributed by atoms with Crippen LogP contribution in [0.4, 0.5) is 4.79 Å². The molecule has 1 amide bonds. The van der Waals surface area contributed by atoms with Gasteiger partial charge in [-0.2, -0.15) is 5.26 Å². The molecule has 0 saturated heterocycles. The Labute approximate surface area is 488 Å². The van der Waals surface area contributed by atoms with Gasteiger partial charge in [0, 0.05) is 48.2 Å². The zero-order valence-corrected chi connectivity index (χ0v) is 50.3. The number of esters is 2. The lowest BCUT2D eigenvalue weighted by atomic mass is 9.80. The second kappa shape index (κ2) is 30.4. The van der Waals surface area contributed by atoms with Gasteiger partial charge in [0.25, 0.3) is 14.1 Å². The van der Waals surface area contributed by atoms with Crippen LogP contribution in [-0.2, 0) is 62.8 Å². The van der Waals surface area contributed by atoms with Crippen molar-refractivity contribution in [2.24, 2.45) is 0 Å². The monoisotopic (exact) mass is 1160 g/mol. The number of nitriles is 1. The quantitative estimate of drug-likeness (QED) is 0.0209. The number of rotatable bonds is 28. The summed E-state index contributed by atoms with van der Waals surface area (Å²) in [7, 11) is 1.55. The third-order valence-corrected chi connectivity index (χ3v) is 16.4. The van der Waals surface area contributed by atoms with Crippen LogP contribution >= 0.6 is 8.53 Å². The third kappa shape index (κ3) is 14.9. The number of methoxy groups -OCH3 is 2. The number of carbonyl (C=O) groups is 3. The first-order valence-corrected chi connectivity index (χ1v) is 29.7. The number of cyclic esters (lactones) is 1. The van der Waals surface area contributed by atoms with Gasteiger partial charge < -0.3 is 52.1 Å². The van der Waals surface area contributed by atoms with Crippen LogP contribution in [0.25, 0.3) is 22.3 Å². The van der Waals surface area contributed by atoms with Crippen molar-refractivity contribution in [3.05, 3.63) is 152 Å². The normalized spacial score (nSPS) is 14.2. The topological polar surface area (TPSA) is 208 Å². The Bertz CT molecular complexity index is 3180. The van der Waals surface area contributed by atoms with Crippen LogP contribution in [-0.4, -0.2) is 97.6 Å². The molecule has 8 rings (SSSR count). The molecule has 1 N–H and O–H groups in total. The lowest BCUT2D eigenvalue weighted by molar-refractivity contribution is -0.171. The molecule has 4 heterocycles. The van der Waals surface area contributed by atoms with Crippen molar-refractivity contribution in [1.82, 2.24) is 19.5 Å². The van der Waals surface area contributed by atoms with Crippen LogP contribution in [0.3, 0.4) is 0 Å². The Hall–Kier alpha value is -7.23. The number of aromatic nitrogens is 2. The molecule has 2 aliphatic rings. The van der Waals surface area contributed by atoms with Gasteiger partial charge >= 0.3 is 18.0 Å². The molecule has 18 nitrogen and oxygen atoms in total. The van der Waals surface area contributed by atoms with Crippen molar-refractivity contribution in [2.45, 2.75) is 137 Å². The molecule has 0 spiro atoms. The number of nitrogens with zero attached hydrogens (tertiary/aromatic N) is 4. The molecule has 2 aliphatic heterocycles. The van der Waals surface area contributed by atoms with E-state index in [9.17, 15) is 24.4 Å². The largest absolute Gasteiger partial charge is 0.497 e. The van der Waals surface area contributed by atoms with Gasteiger partial charge in [-0.15, -0.1) is 0 Å². The molecule has 6 aromatic rings. The fourth-order valence-corrected chi connectivity index (χ4v) is 12.0. The van der Waals surface area contributed by atoms with Crippen molar-refractivity contribution in [2.75, 3.05) is 47.2 Å². The summed E-state index contributed by atoms with van der Waals surface area (Å²) in [5.41, 5.74) is 5.16. The van der Waals surface area contributed by atoms with E-state index >= 15 is 0 Å². The zero-order valence-electron chi connectivity index (χ0n) is 49.4. The highest BCUT2D eigenvalue weighted by Gasteiger charge is 2.41. The average molecular weight is 1160 g/mol. The zero-order chi connectivity index (χ0) is 59.6. The van der Waals surface area contributed by atoms with E-state index < -0.39 is 44.4 Å². The summed E-state index contributed by atoms with van der Waals surface area (Å²) < 4.78 is 58.6. The Morgan fingerprint density at radius 1 is 0.843 bits per heavy atom. The SMILES string of the molecule is CC.CCCCC(=O)OC1C(=O)OCc2c1cc1n(c2=O)Cc2c-1nc1ccc(OC(=O)NCCCOCC(COC(c3ccccc3)(c3ccc(OC)cc3)c3ccc(OC)cc3)OP(OCCC#N)N(C(C)C)C(C)C)cc1c2CC. The highest BCUT2D eigenvalue weighted by molar-refractivity contribution is 7.44. The molecule has 19 heteroatoms. The van der Waals surface area contributed by atoms with E-state index in [2.05, 4.69) is 43.8 Å². The first-order chi connectivity index (χ1) is 40.2. The van der Waals surface area contributed by atoms with Crippen LogP contribution in [0.2, 0.25) is 0 Å². The second-order valence-electron chi connectivity index (χ2n) is 20.2. The number of unbranched alkanes of at least 4 members (excludes halogenated alkanes) is 1. The number of amides is 1. The Morgan fingerprint density at radius 2 is 1.49 bits per heavy atom. The van der Waals surface area contributed by atoms with Crippen LogP contribution < -0.4 is 25.1 Å². The number of pyridine rings is 2. The number of benzene rings is 4. The molecular formula is C64H78N5O13P. The first kappa shape index (κ1) is 63.4. The number of carbonyl (C=O) groups excluding carboxylic acids is 3. The second-order valence-corrected chi connectivity index (χ2v) is 21.6.